The Balaban J connectivity index is 2.07. The van der Waals surface area contributed by atoms with Crippen LogP contribution in [0.3, 0.4) is 0 Å². The fraction of sp³-hybridized carbons (Fsp3) is 0.158. The molecular formula is C19H17ClN2O6S2. The van der Waals surface area contributed by atoms with Gasteiger partial charge in [0.2, 0.25) is 0 Å². The molecule has 0 spiro atoms. The molecule has 0 saturated heterocycles. The maximum atomic E-state index is 12.3. The summed E-state index contributed by atoms with van der Waals surface area (Å²) in [5.74, 6) is -1.60. The number of halogens is 1. The highest BCUT2D eigenvalue weighted by Gasteiger charge is 2.25. The second-order valence-corrected chi connectivity index (χ2v) is 8.45. The van der Waals surface area contributed by atoms with Crippen molar-refractivity contribution in [1.29, 1.82) is 0 Å². The van der Waals surface area contributed by atoms with Crippen molar-refractivity contribution in [3.8, 4) is 5.75 Å². The van der Waals surface area contributed by atoms with Crippen molar-refractivity contribution in [1.82, 2.24) is 5.32 Å². The van der Waals surface area contributed by atoms with Crippen LogP contribution < -0.4 is 14.4 Å². The highest BCUT2D eigenvalue weighted by atomic mass is 35.5. The first kappa shape index (κ1) is 22.0. The summed E-state index contributed by atoms with van der Waals surface area (Å²) in [7, 11) is 1.37. The number of carboxylic acid groups (broad SMARTS) is 1. The summed E-state index contributed by atoms with van der Waals surface area (Å²) in [6, 6.07) is 9.65. The minimum atomic E-state index is -2.43. The molecule has 3 aromatic rings. The van der Waals surface area contributed by atoms with Crippen molar-refractivity contribution in [2.45, 2.75) is 6.92 Å². The minimum Gasteiger partial charge on any atom is -0.495 e. The summed E-state index contributed by atoms with van der Waals surface area (Å²) in [4.78, 5) is 22.8. The molecule has 0 aliphatic carbocycles. The van der Waals surface area contributed by atoms with Gasteiger partial charge in [-0.25, -0.2) is 8.51 Å². The lowest BCUT2D eigenvalue weighted by atomic mass is 10.1. The monoisotopic (exact) mass is 468 g/mol. The Kier molecular flexibility index (Phi) is 6.61. The van der Waals surface area contributed by atoms with Gasteiger partial charge in [-0.2, -0.15) is 0 Å². The number of hydrogen-bond acceptors (Lipinski definition) is 5. The van der Waals surface area contributed by atoms with Crippen LogP contribution >= 0.6 is 22.9 Å². The second-order valence-electron chi connectivity index (χ2n) is 6.16. The molecule has 11 heteroatoms. The van der Waals surface area contributed by atoms with E-state index >= 15 is 0 Å². The first-order valence-electron chi connectivity index (χ1n) is 8.50. The van der Waals surface area contributed by atoms with Crippen LogP contribution in [0.25, 0.3) is 10.1 Å². The predicted molar refractivity (Wildman–Crippen MR) is 117 cm³/mol. The first-order valence-corrected chi connectivity index (χ1v) is 10.8. The zero-order valence-electron chi connectivity index (χ0n) is 15.8. The number of rotatable bonds is 7. The number of carbonyl (C=O) groups is 2. The average molecular weight is 469 g/mol. The van der Waals surface area contributed by atoms with Gasteiger partial charge in [-0.1, -0.05) is 11.6 Å². The Labute approximate surface area is 183 Å². The van der Waals surface area contributed by atoms with E-state index in [4.69, 9.17) is 21.4 Å². The molecule has 0 saturated carbocycles. The smallest absolute Gasteiger partial charge is 0.322 e. The van der Waals surface area contributed by atoms with Crippen LogP contribution in [-0.4, -0.2) is 39.4 Å². The Bertz CT molecular complexity index is 1160. The van der Waals surface area contributed by atoms with Crippen LogP contribution in [0.2, 0.25) is 5.02 Å². The standard InChI is InChI=1S/C19H17ClN2O6S2/c1-10-13-8-12(20)4-6-16(13)29-19(10)22(30(26)27)14-5-3-11(7-15(14)28-2)18(25)21-9-17(23)24/h3-8H,9H2,1-2H3,(H,21,25)(H,23,24)(H,26,27). The molecule has 0 bridgehead atoms. The Morgan fingerprint density at radius 1 is 1.27 bits per heavy atom. The lowest BCUT2D eigenvalue weighted by Crippen LogP contribution is -2.29. The highest BCUT2D eigenvalue weighted by Crippen LogP contribution is 2.44. The summed E-state index contributed by atoms with van der Waals surface area (Å²) in [6.45, 7) is 1.30. The lowest BCUT2D eigenvalue weighted by molar-refractivity contribution is -0.135. The topological polar surface area (TPSA) is 116 Å². The summed E-state index contributed by atoms with van der Waals surface area (Å²) in [5.41, 5.74) is 1.19. The quantitative estimate of drug-likeness (QED) is 0.452. The zero-order chi connectivity index (χ0) is 22.0. The van der Waals surface area contributed by atoms with E-state index in [0.717, 1.165) is 15.6 Å². The van der Waals surface area contributed by atoms with Crippen LogP contribution in [0, 0.1) is 6.92 Å². The van der Waals surface area contributed by atoms with Gasteiger partial charge < -0.3 is 15.2 Å². The number of nitrogens with one attached hydrogen (secondary N) is 1. The summed E-state index contributed by atoms with van der Waals surface area (Å²) < 4.78 is 29.8. The molecule has 0 aliphatic rings. The van der Waals surface area contributed by atoms with Crippen LogP contribution in [0.1, 0.15) is 15.9 Å². The number of methoxy groups -OCH3 is 1. The number of amides is 1. The summed E-state index contributed by atoms with van der Waals surface area (Å²) >= 11 is 4.97. The van der Waals surface area contributed by atoms with E-state index in [1.807, 2.05) is 13.0 Å². The van der Waals surface area contributed by atoms with E-state index in [0.29, 0.717) is 10.0 Å². The second kappa shape index (κ2) is 9.00. The fourth-order valence-corrected chi connectivity index (χ4v) is 5.07. The average Bonchev–Trinajstić information content (AvgIpc) is 3.02. The van der Waals surface area contributed by atoms with Crippen molar-refractivity contribution in [3.05, 3.63) is 52.5 Å². The van der Waals surface area contributed by atoms with Crippen LogP contribution in [0.4, 0.5) is 10.7 Å². The number of hydrogen-bond donors (Lipinski definition) is 3. The van der Waals surface area contributed by atoms with Gasteiger partial charge >= 0.3 is 5.97 Å². The number of anilines is 2. The summed E-state index contributed by atoms with van der Waals surface area (Å²) in [5, 5.41) is 12.9. The fourth-order valence-electron chi connectivity index (χ4n) is 2.88. The number of thiophene rings is 1. The maximum absolute atomic E-state index is 12.3. The molecule has 1 heterocycles. The largest absolute Gasteiger partial charge is 0.495 e. The maximum Gasteiger partial charge on any atom is 0.322 e. The van der Waals surface area contributed by atoms with Gasteiger partial charge in [-0.3, -0.25) is 14.1 Å². The van der Waals surface area contributed by atoms with Crippen molar-refractivity contribution < 1.29 is 28.2 Å². The summed E-state index contributed by atoms with van der Waals surface area (Å²) in [6.07, 6.45) is 0. The third-order valence-electron chi connectivity index (χ3n) is 4.27. The van der Waals surface area contributed by atoms with Crippen molar-refractivity contribution >= 4 is 66.9 Å². The molecule has 3 N–H and O–H groups in total. The zero-order valence-corrected chi connectivity index (χ0v) is 18.2. The van der Waals surface area contributed by atoms with E-state index in [-0.39, 0.29) is 17.0 Å². The van der Waals surface area contributed by atoms with Crippen LogP contribution in [0.15, 0.2) is 36.4 Å². The first-order chi connectivity index (χ1) is 14.2. The number of ether oxygens (including phenoxy) is 1. The predicted octanol–water partition coefficient (Wildman–Crippen LogP) is 3.96. The molecular weight excluding hydrogens is 452 g/mol. The van der Waals surface area contributed by atoms with Crippen molar-refractivity contribution in [3.63, 3.8) is 0 Å². The van der Waals surface area contributed by atoms with Gasteiger partial charge in [0.15, 0.2) is 0 Å². The van der Waals surface area contributed by atoms with Gasteiger partial charge in [-0.15, -0.1) is 11.3 Å². The highest BCUT2D eigenvalue weighted by molar-refractivity contribution is 7.81. The number of carboxylic acids is 1. The Hall–Kier alpha value is -2.66. The number of fused-ring (bicyclic) bond motifs is 1. The third-order valence-corrected chi connectivity index (χ3v) is 6.57. The number of benzene rings is 2. The molecule has 1 amide bonds. The van der Waals surface area contributed by atoms with E-state index in [9.17, 15) is 18.4 Å². The van der Waals surface area contributed by atoms with Gasteiger partial charge in [0, 0.05) is 15.3 Å². The number of aryl methyl sites for hydroxylation is 1. The third kappa shape index (κ3) is 4.41. The molecule has 0 radical (unpaired) electrons. The number of carbonyl (C=O) groups excluding carboxylic acids is 1. The van der Waals surface area contributed by atoms with E-state index in [1.165, 1.54) is 41.0 Å². The van der Waals surface area contributed by atoms with Gasteiger partial charge in [-0.05, 0) is 54.3 Å². The van der Waals surface area contributed by atoms with E-state index < -0.39 is 29.7 Å². The molecule has 0 aliphatic heterocycles. The van der Waals surface area contributed by atoms with Crippen molar-refractivity contribution in [2.24, 2.45) is 0 Å². The molecule has 2 aromatic carbocycles. The van der Waals surface area contributed by atoms with Gasteiger partial charge in [0.1, 0.15) is 17.3 Å². The SMILES string of the molecule is COc1cc(C(=O)NCC(=O)O)ccc1N(c1sc2ccc(Cl)cc2c1C)S(=O)O. The molecule has 0 fully saturated rings. The Morgan fingerprint density at radius 2 is 2.00 bits per heavy atom. The molecule has 1 aromatic heterocycles. The normalized spacial score (nSPS) is 11.9. The molecule has 3 rings (SSSR count). The van der Waals surface area contributed by atoms with Gasteiger partial charge in [0.25, 0.3) is 17.2 Å². The number of nitrogens with zero attached hydrogens (tertiary/aromatic N) is 1. The lowest BCUT2D eigenvalue weighted by Gasteiger charge is -2.22. The minimum absolute atomic E-state index is 0.153. The molecule has 30 heavy (non-hydrogen) atoms. The molecule has 1 atom stereocenters. The van der Waals surface area contributed by atoms with Gasteiger partial charge in [0.05, 0.1) is 12.8 Å². The van der Waals surface area contributed by atoms with E-state index in [2.05, 4.69) is 5.32 Å². The van der Waals surface area contributed by atoms with Crippen LogP contribution in [0.5, 0.6) is 5.75 Å². The molecule has 1 unspecified atom stereocenters. The molecule has 158 valence electrons. The van der Waals surface area contributed by atoms with Crippen molar-refractivity contribution in [2.75, 3.05) is 18.0 Å². The molecule has 8 nitrogen and oxygen atoms in total. The van der Waals surface area contributed by atoms with E-state index in [1.54, 1.807) is 12.1 Å². The number of aliphatic carboxylic acids is 1. The van der Waals surface area contributed by atoms with Crippen LogP contribution in [-0.2, 0) is 16.1 Å². The Morgan fingerprint density at radius 3 is 2.63 bits per heavy atom.